The molecule has 4 heteroatoms. The normalized spacial score (nSPS) is 27.2. The molecule has 3 atom stereocenters. The molecule has 132 valence electrons. The fraction of sp³-hybridized carbons (Fsp3) is 0.273. The lowest BCUT2D eigenvalue weighted by atomic mass is 9.78. The molecule has 0 aromatic heterocycles. The van der Waals surface area contributed by atoms with Gasteiger partial charge in [0.05, 0.1) is 0 Å². The van der Waals surface area contributed by atoms with Crippen LogP contribution in [0, 0.1) is 0 Å². The maximum absolute atomic E-state index is 13.1. The molecule has 1 unspecified atom stereocenters. The van der Waals surface area contributed by atoms with Crippen LogP contribution in [0.4, 0.5) is 0 Å². The fourth-order valence-electron chi connectivity index (χ4n) is 3.79. The molecule has 0 aliphatic carbocycles. The van der Waals surface area contributed by atoms with Gasteiger partial charge in [-0.15, -0.1) is 0 Å². The number of Topliss-reactive ketones (excluding diaryl/α,β-unsaturated/α-hetero) is 2. The molecular formula is C22H19ClO3. The van der Waals surface area contributed by atoms with Gasteiger partial charge in [0.15, 0.2) is 11.6 Å². The Balaban J connectivity index is 1.82. The molecule has 4 rings (SSSR count). The number of hydrogen-bond acceptors (Lipinski definition) is 3. The third-order valence-corrected chi connectivity index (χ3v) is 5.54. The zero-order chi connectivity index (χ0) is 18.5. The Morgan fingerprint density at radius 1 is 1.08 bits per heavy atom. The van der Waals surface area contributed by atoms with Crippen molar-refractivity contribution in [3.05, 3.63) is 70.8 Å². The van der Waals surface area contributed by atoms with Gasteiger partial charge in [-0.2, -0.15) is 0 Å². The van der Waals surface area contributed by atoms with Crippen molar-refractivity contribution < 1.29 is 14.3 Å². The molecule has 0 spiro atoms. The van der Waals surface area contributed by atoms with Crippen LogP contribution < -0.4 is 0 Å². The summed E-state index contributed by atoms with van der Waals surface area (Å²) in [4.78, 5) is 25.9. The van der Waals surface area contributed by atoms with E-state index >= 15 is 0 Å². The molecule has 2 heterocycles. The summed E-state index contributed by atoms with van der Waals surface area (Å²) in [6, 6.07) is 13.5. The lowest BCUT2D eigenvalue weighted by molar-refractivity contribution is -0.157. The first-order valence-electron chi connectivity index (χ1n) is 8.77. The van der Waals surface area contributed by atoms with Crippen molar-refractivity contribution in [2.24, 2.45) is 0 Å². The smallest absolute Gasteiger partial charge is 0.183 e. The van der Waals surface area contributed by atoms with Crippen LogP contribution >= 0.6 is 11.6 Å². The van der Waals surface area contributed by atoms with Crippen molar-refractivity contribution in [3.8, 4) is 11.1 Å². The predicted molar refractivity (Wildman–Crippen MR) is 101 cm³/mol. The van der Waals surface area contributed by atoms with Crippen molar-refractivity contribution in [2.45, 2.75) is 37.9 Å². The minimum atomic E-state index is -1.01. The molecule has 1 fully saturated rings. The van der Waals surface area contributed by atoms with Gasteiger partial charge in [-0.3, -0.25) is 9.59 Å². The second kappa shape index (κ2) is 6.19. The van der Waals surface area contributed by atoms with Gasteiger partial charge >= 0.3 is 0 Å². The lowest BCUT2D eigenvalue weighted by Crippen LogP contribution is -2.49. The SMILES string of the molecule is CCc1ccc(-c2ccc(Cl)cc2)cc1C1C(=O)[C@@H]2C=C[C@@](C)(O2)C1=O. The number of rotatable bonds is 3. The van der Waals surface area contributed by atoms with Gasteiger partial charge in [0, 0.05) is 5.02 Å². The molecular weight excluding hydrogens is 348 g/mol. The molecule has 3 nitrogen and oxygen atoms in total. The Hall–Kier alpha value is -2.23. The van der Waals surface area contributed by atoms with Gasteiger partial charge in [-0.25, -0.2) is 0 Å². The number of halogens is 1. The van der Waals surface area contributed by atoms with E-state index < -0.39 is 17.6 Å². The van der Waals surface area contributed by atoms with E-state index in [4.69, 9.17) is 16.3 Å². The van der Waals surface area contributed by atoms with Crippen molar-refractivity contribution in [2.75, 3.05) is 0 Å². The average molecular weight is 367 g/mol. The molecule has 1 saturated heterocycles. The van der Waals surface area contributed by atoms with Gasteiger partial charge in [-0.1, -0.05) is 42.8 Å². The summed E-state index contributed by atoms with van der Waals surface area (Å²) >= 11 is 5.98. The third-order valence-electron chi connectivity index (χ3n) is 5.29. The Labute approximate surface area is 157 Å². The molecule has 0 saturated carbocycles. The zero-order valence-corrected chi connectivity index (χ0v) is 15.4. The Kier molecular flexibility index (Phi) is 4.09. The van der Waals surface area contributed by atoms with Crippen LogP contribution in [0.2, 0.25) is 5.02 Å². The van der Waals surface area contributed by atoms with E-state index in [9.17, 15) is 9.59 Å². The monoisotopic (exact) mass is 366 g/mol. The molecule has 0 radical (unpaired) electrons. The summed E-state index contributed by atoms with van der Waals surface area (Å²) in [5.74, 6) is -1.14. The van der Waals surface area contributed by atoms with Crippen molar-refractivity contribution in [1.29, 1.82) is 0 Å². The minimum Gasteiger partial charge on any atom is -0.348 e. The summed E-state index contributed by atoms with van der Waals surface area (Å²) in [5.41, 5.74) is 2.76. The molecule has 2 aliphatic heterocycles. The largest absolute Gasteiger partial charge is 0.348 e. The molecule has 2 aliphatic rings. The topological polar surface area (TPSA) is 43.4 Å². The highest BCUT2D eigenvalue weighted by atomic mass is 35.5. The van der Waals surface area contributed by atoms with E-state index in [1.54, 1.807) is 19.1 Å². The molecule has 0 N–H and O–H groups in total. The van der Waals surface area contributed by atoms with Crippen molar-refractivity contribution in [1.82, 2.24) is 0 Å². The van der Waals surface area contributed by atoms with Crippen molar-refractivity contribution in [3.63, 3.8) is 0 Å². The highest BCUT2D eigenvalue weighted by molar-refractivity contribution is 6.30. The Morgan fingerprint density at radius 2 is 1.77 bits per heavy atom. The van der Waals surface area contributed by atoms with E-state index in [0.29, 0.717) is 5.02 Å². The fourth-order valence-corrected chi connectivity index (χ4v) is 3.91. The quantitative estimate of drug-likeness (QED) is 0.592. The van der Waals surface area contributed by atoms with Crippen LogP contribution in [-0.2, 0) is 20.7 Å². The number of ether oxygens (including phenoxy) is 1. The van der Waals surface area contributed by atoms with E-state index in [1.807, 2.05) is 49.4 Å². The summed E-state index contributed by atoms with van der Waals surface area (Å²) < 4.78 is 5.64. The average Bonchev–Trinajstić information content (AvgIpc) is 3.02. The summed E-state index contributed by atoms with van der Waals surface area (Å²) in [6.45, 7) is 3.77. The van der Waals surface area contributed by atoms with Gasteiger partial charge in [0.1, 0.15) is 17.6 Å². The summed E-state index contributed by atoms with van der Waals surface area (Å²) in [6.07, 6.45) is 3.54. The first-order valence-corrected chi connectivity index (χ1v) is 9.15. The summed E-state index contributed by atoms with van der Waals surface area (Å²) in [5, 5.41) is 0.671. The van der Waals surface area contributed by atoms with Crippen LogP contribution in [0.1, 0.15) is 30.9 Å². The second-order valence-corrected chi connectivity index (χ2v) is 7.41. The minimum absolute atomic E-state index is 0.177. The van der Waals surface area contributed by atoms with Gasteiger partial charge in [0.2, 0.25) is 0 Å². The standard InChI is InChI=1S/C22H19ClO3/c1-3-13-4-5-15(14-6-8-16(23)9-7-14)12-17(13)19-20(24)18-10-11-22(2,26-18)21(19)25/h4-12,18-19H,3H2,1-2H3/t18-,19?,22+/m0/s1. The molecule has 2 aromatic carbocycles. The molecule has 0 amide bonds. The van der Waals surface area contributed by atoms with Gasteiger partial charge < -0.3 is 4.74 Å². The number of ketones is 2. The number of carbonyl (C=O) groups is 2. The van der Waals surface area contributed by atoms with Crippen LogP contribution in [0.15, 0.2) is 54.6 Å². The van der Waals surface area contributed by atoms with Crippen LogP contribution in [0.3, 0.4) is 0 Å². The van der Waals surface area contributed by atoms with Gasteiger partial charge in [0.25, 0.3) is 0 Å². The highest BCUT2D eigenvalue weighted by Gasteiger charge is 2.53. The Morgan fingerprint density at radius 3 is 2.46 bits per heavy atom. The zero-order valence-electron chi connectivity index (χ0n) is 14.7. The van der Waals surface area contributed by atoms with E-state index in [-0.39, 0.29) is 11.6 Å². The lowest BCUT2D eigenvalue weighted by Gasteiger charge is -2.34. The van der Waals surface area contributed by atoms with E-state index in [2.05, 4.69) is 0 Å². The number of aryl methyl sites for hydroxylation is 1. The first-order chi connectivity index (χ1) is 12.4. The molecule has 2 aromatic rings. The number of fused-ring (bicyclic) bond motifs is 2. The maximum atomic E-state index is 13.1. The number of hydrogen-bond donors (Lipinski definition) is 0. The Bertz CT molecular complexity index is 929. The van der Waals surface area contributed by atoms with Crippen LogP contribution in [0.5, 0.6) is 0 Å². The van der Waals surface area contributed by atoms with Crippen molar-refractivity contribution >= 4 is 23.2 Å². The van der Waals surface area contributed by atoms with Crippen LogP contribution in [0.25, 0.3) is 11.1 Å². The maximum Gasteiger partial charge on any atom is 0.183 e. The predicted octanol–water partition coefficient (Wildman–Crippen LogP) is 4.52. The number of carbonyl (C=O) groups excluding carboxylic acids is 2. The molecule has 2 bridgehead atoms. The highest BCUT2D eigenvalue weighted by Crippen LogP contribution is 2.41. The van der Waals surface area contributed by atoms with E-state index in [1.165, 1.54) is 0 Å². The first kappa shape index (κ1) is 17.2. The second-order valence-electron chi connectivity index (χ2n) is 6.98. The molecule has 26 heavy (non-hydrogen) atoms. The number of benzene rings is 2. The van der Waals surface area contributed by atoms with E-state index in [0.717, 1.165) is 28.7 Å². The summed E-state index contributed by atoms with van der Waals surface area (Å²) in [7, 11) is 0. The third kappa shape index (κ3) is 2.63. The van der Waals surface area contributed by atoms with Gasteiger partial charge in [-0.05, 0) is 65.9 Å². The van der Waals surface area contributed by atoms with Crippen LogP contribution in [-0.4, -0.2) is 23.3 Å².